The Labute approximate surface area is 228 Å². The highest BCUT2D eigenvalue weighted by atomic mass is 16.1. The molecule has 9 nitrogen and oxygen atoms in total. The van der Waals surface area contributed by atoms with E-state index in [1.807, 2.05) is 79.0 Å². The van der Waals surface area contributed by atoms with Gasteiger partial charge < -0.3 is 10.3 Å². The Morgan fingerprint density at radius 1 is 0.825 bits per heavy atom. The monoisotopic (exact) mass is 522 g/mol. The lowest BCUT2D eigenvalue weighted by molar-refractivity contribution is -0.115. The molecule has 0 saturated heterocycles. The number of aromatic nitrogens is 7. The van der Waals surface area contributed by atoms with Gasteiger partial charge in [-0.25, -0.2) is 9.97 Å². The van der Waals surface area contributed by atoms with Crippen LogP contribution in [0, 0.1) is 0 Å². The van der Waals surface area contributed by atoms with Gasteiger partial charge in [-0.15, -0.1) is 0 Å². The molecular formula is C31H22N8O. The number of anilines is 1. The Morgan fingerprint density at radius 2 is 1.73 bits per heavy atom. The lowest BCUT2D eigenvalue weighted by Gasteiger charge is -2.08. The molecule has 0 atom stereocenters. The zero-order valence-electron chi connectivity index (χ0n) is 21.2. The summed E-state index contributed by atoms with van der Waals surface area (Å²) in [5, 5.41) is 11.5. The van der Waals surface area contributed by atoms with Crippen molar-refractivity contribution in [2.24, 2.45) is 0 Å². The van der Waals surface area contributed by atoms with E-state index in [1.165, 1.54) is 0 Å². The summed E-state index contributed by atoms with van der Waals surface area (Å²) >= 11 is 0. The number of hydrogen-bond acceptors (Lipinski definition) is 6. The van der Waals surface area contributed by atoms with E-state index in [0.717, 1.165) is 44.2 Å². The fraction of sp³-hybridized carbons (Fsp3) is 0.0323. The molecular weight excluding hydrogens is 500 g/mol. The Bertz CT molecular complexity index is 1980. The third kappa shape index (κ3) is 4.45. The minimum absolute atomic E-state index is 0.0955. The standard InChI is InChI=1S/C31H22N8O/c40-27(13-19-5-2-1-3-6-19)35-23-14-22(17-33-18-23)20-8-9-26-25(15-20)29(39-38-26)31-36-28-24(10-12-34-30(28)37-31)21-7-4-11-32-16-21/h1-12,14-18H,13H2,(H,35,40)(H,38,39)(H,34,36,37). The predicted molar refractivity (Wildman–Crippen MR) is 154 cm³/mol. The number of hydrogen-bond donors (Lipinski definition) is 3. The molecule has 3 N–H and O–H groups in total. The maximum atomic E-state index is 12.6. The van der Waals surface area contributed by atoms with Crippen molar-refractivity contribution in [3.63, 3.8) is 0 Å². The average Bonchev–Trinajstić information content (AvgIpc) is 3.62. The molecule has 0 aliphatic carbocycles. The largest absolute Gasteiger partial charge is 0.335 e. The SMILES string of the molecule is O=C(Cc1ccccc1)Nc1cncc(-c2ccc3[nH]nc(-c4nc5nccc(-c6cccnc6)c5[nH]4)c3c2)c1. The van der Waals surface area contributed by atoms with Gasteiger partial charge in [-0.3, -0.25) is 19.9 Å². The molecule has 5 aromatic heterocycles. The number of pyridine rings is 3. The number of carbonyl (C=O) groups excluding carboxylic acids is 1. The van der Waals surface area contributed by atoms with Crippen LogP contribution in [0.15, 0.2) is 104 Å². The fourth-order valence-electron chi connectivity index (χ4n) is 4.81. The Morgan fingerprint density at radius 3 is 2.60 bits per heavy atom. The zero-order chi connectivity index (χ0) is 26.9. The van der Waals surface area contributed by atoms with Gasteiger partial charge in [0.1, 0.15) is 5.69 Å². The first kappa shape index (κ1) is 23.4. The van der Waals surface area contributed by atoms with Crippen molar-refractivity contribution in [2.75, 3.05) is 5.32 Å². The van der Waals surface area contributed by atoms with E-state index in [4.69, 9.17) is 4.98 Å². The van der Waals surface area contributed by atoms with Crippen LogP contribution in [0.5, 0.6) is 0 Å². The highest BCUT2D eigenvalue weighted by Gasteiger charge is 2.16. The second kappa shape index (κ2) is 9.88. The van der Waals surface area contributed by atoms with Gasteiger partial charge in [-0.05, 0) is 41.5 Å². The van der Waals surface area contributed by atoms with Gasteiger partial charge in [0.15, 0.2) is 11.5 Å². The van der Waals surface area contributed by atoms with Crippen molar-refractivity contribution in [3.05, 3.63) is 109 Å². The molecule has 7 rings (SSSR count). The summed E-state index contributed by atoms with van der Waals surface area (Å²) in [7, 11) is 0. The van der Waals surface area contributed by atoms with Crippen LogP contribution in [0.2, 0.25) is 0 Å². The smallest absolute Gasteiger partial charge is 0.228 e. The van der Waals surface area contributed by atoms with Crippen molar-refractivity contribution >= 4 is 33.7 Å². The third-order valence-electron chi connectivity index (χ3n) is 6.71. The van der Waals surface area contributed by atoms with Crippen molar-refractivity contribution in [1.82, 2.24) is 35.1 Å². The topological polar surface area (TPSA) is 125 Å². The van der Waals surface area contributed by atoms with Gasteiger partial charge in [0, 0.05) is 46.9 Å². The molecule has 0 aliphatic rings. The Balaban J connectivity index is 1.21. The van der Waals surface area contributed by atoms with Gasteiger partial charge in [-0.1, -0.05) is 42.5 Å². The highest BCUT2D eigenvalue weighted by molar-refractivity contribution is 5.98. The zero-order valence-corrected chi connectivity index (χ0v) is 21.2. The fourth-order valence-corrected chi connectivity index (χ4v) is 4.81. The van der Waals surface area contributed by atoms with Gasteiger partial charge in [-0.2, -0.15) is 5.10 Å². The highest BCUT2D eigenvalue weighted by Crippen LogP contribution is 2.32. The molecule has 0 radical (unpaired) electrons. The van der Waals surface area contributed by atoms with E-state index in [9.17, 15) is 4.79 Å². The number of carbonyl (C=O) groups is 1. The molecule has 9 heteroatoms. The molecule has 2 aromatic carbocycles. The second-order valence-electron chi connectivity index (χ2n) is 9.39. The molecule has 0 unspecified atom stereocenters. The maximum absolute atomic E-state index is 12.6. The van der Waals surface area contributed by atoms with Crippen molar-refractivity contribution in [3.8, 4) is 33.8 Å². The molecule has 1 amide bonds. The number of aromatic amines is 2. The van der Waals surface area contributed by atoms with E-state index in [1.54, 1.807) is 24.8 Å². The van der Waals surface area contributed by atoms with Crippen LogP contribution >= 0.6 is 0 Å². The van der Waals surface area contributed by atoms with E-state index < -0.39 is 0 Å². The summed E-state index contributed by atoms with van der Waals surface area (Å²) in [4.78, 5) is 33.8. The number of benzene rings is 2. The Kier molecular flexibility index (Phi) is 5.78. The molecule has 40 heavy (non-hydrogen) atoms. The van der Waals surface area contributed by atoms with Crippen LogP contribution in [0.25, 0.3) is 55.8 Å². The molecule has 7 aromatic rings. The first-order valence-corrected chi connectivity index (χ1v) is 12.7. The molecule has 0 fully saturated rings. The average molecular weight is 523 g/mol. The van der Waals surface area contributed by atoms with Crippen LogP contribution in [0.4, 0.5) is 5.69 Å². The number of nitrogens with zero attached hydrogens (tertiary/aromatic N) is 5. The first-order chi connectivity index (χ1) is 19.7. The molecule has 0 bridgehead atoms. The molecule has 192 valence electrons. The van der Waals surface area contributed by atoms with Crippen molar-refractivity contribution in [2.45, 2.75) is 6.42 Å². The minimum Gasteiger partial charge on any atom is -0.335 e. The number of amides is 1. The first-order valence-electron chi connectivity index (χ1n) is 12.7. The van der Waals surface area contributed by atoms with Crippen LogP contribution in [0.3, 0.4) is 0 Å². The van der Waals surface area contributed by atoms with Gasteiger partial charge in [0.25, 0.3) is 0 Å². The summed E-state index contributed by atoms with van der Waals surface area (Å²) in [6.45, 7) is 0. The lowest BCUT2D eigenvalue weighted by Crippen LogP contribution is -2.14. The number of fused-ring (bicyclic) bond motifs is 2. The van der Waals surface area contributed by atoms with Crippen LogP contribution < -0.4 is 5.32 Å². The minimum atomic E-state index is -0.0955. The van der Waals surface area contributed by atoms with Gasteiger partial charge in [0.05, 0.1) is 29.3 Å². The van der Waals surface area contributed by atoms with Crippen molar-refractivity contribution in [1.29, 1.82) is 0 Å². The molecule has 5 heterocycles. The van der Waals surface area contributed by atoms with E-state index in [2.05, 4.69) is 35.5 Å². The van der Waals surface area contributed by atoms with Crippen LogP contribution in [-0.2, 0) is 11.2 Å². The quantitative estimate of drug-likeness (QED) is 0.253. The predicted octanol–water partition coefficient (Wildman–Crippen LogP) is 5.81. The summed E-state index contributed by atoms with van der Waals surface area (Å²) in [5.41, 5.74) is 8.33. The van der Waals surface area contributed by atoms with E-state index in [-0.39, 0.29) is 5.91 Å². The van der Waals surface area contributed by atoms with E-state index in [0.29, 0.717) is 29.3 Å². The maximum Gasteiger partial charge on any atom is 0.228 e. The molecule has 0 saturated carbocycles. The number of rotatable bonds is 6. The Hall–Kier alpha value is -5.70. The summed E-state index contributed by atoms with van der Waals surface area (Å²) in [6, 6.07) is 23.4. The number of H-pyrrole nitrogens is 2. The van der Waals surface area contributed by atoms with Gasteiger partial charge in [0.2, 0.25) is 5.91 Å². The van der Waals surface area contributed by atoms with Crippen LogP contribution in [-0.4, -0.2) is 41.0 Å². The summed E-state index contributed by atoms with van der Waals surface area (Å²) < 4.78 is 0. The van der Waals surface area contributed by atoms with Gasteiger partial charge >= 0.3 is 0 Å². The normalized spacial score (nSPS) is 11.2. The number of imidazole rings is 1. The van der Waals surface area contributed by atoms with Crippen molar-refractivity contribution < 1.29 is 4.79 Å². The summed E-state index contributed by atoms with van der Waals surface area (Å²) in [5.74, 6) is 0.518. The second-order valence-corrected chi connectivity index (χ2v) is 9.39. The molecule has 0 aliphatic heterocycles. The molecule has 0 spiro atoms. The van der Waals surface area contributed by atoms with Crippen LogP contribution in [0.1, 0.15) is 5.56 Å². The summed E-state index contributed by atoms with van der Waals surface area (Å²) in [6.07, 6.45) is 9.03. The third-order valence-corrected chi connectivity index (χ3v) is 6.71. The van der Waals surface area contributed by atoms with E-state index >= 15 is 0 Å². The lowest BCUT2D eigenvalue weighted by atomic mass is 10.0. The number of nitrogens with one attached hydrogen (secondary N) is 3.